The van der Waals surface area contributed by atoms with Crippen LogP contribution in [0.15, 0.2) is 29.3 Å². The molecule has 6 nitrogen and oxygen atoms in total. The molecule has 7 heteroatoms. The molecule has 4 amide bonds. The summed E-state index contributed by atoms with van der Waals surface area (Å²) in [4.78, 5) is 42.7. The average Bonchev–Trinajstić information content (AvgIpc) is 3.19. The van der Waals surface area contributed by atoms with Crippen molar-refractivity contribution in [3.05, 3.63) is 29.3 Å². The van der Waals surface area contributed by atoms with Crippen LogP contribution in [0.5, 0.6) is 0 Å². The summed E-state index contributed by atoms with van der Waals surface area (Å²) in [5.74, 6) is -1.21. The van der Waals surface area contributed by atoms with Crippen molar-refractivity contribution >= 4 is 41.3 Å². The van der Waals surface area contributed by atoms with Crippen molar-refractivity contribution < 1.29 is 14.4 Å². The van der Waals surface area contributed by atoms with Gasteiger partial charge >= 0.3 is 6.03 Å². The van der Waals surface area contributed by atoms with E-state index in [-0.39, 0.29) is 6.04 Å². The number of hydrogen-bond acceptors (Lipinski definition) is 4. The fraction of sp³-hybridized carbons (Fsp3) is 0.444. The van der Waals surface area contributed by atoms with Crippen molar-refractivity contribution in [2.75, 3.05) is 0 Å². The maximum absolute atomic E-state index is 12.8. The van der Waals surface area contributed by atoms with E-state index in [9.17, 15) is 14.4 Å². The number of urea groups is 1. The fourth-order valence-electron chi connectivity index (χ4n) is 4.27. The monoisotopic (exact) mass is 359 g/mol. The van der Waals surface area contributed by atoms with Crippen molar-refractivity contribution in [3.8, 4) is 0 Å². The molecular weight excluding hydrogens is 342 g/mol. The highest BCUT2D eigenvalue weighted by atomic mass is 35.5. The molecule has 130 valence electrons. The summed E-state index contributed by atoms with van der Waals surface area (Å²) in [5.41, 5.74) is 0.591. The normalized spacial score (nSPS) is 31.9. The average molecular weight is 360 g/mol. The summed E-state index contributed by atoms with van der Waals surface area (Å²) < 4.78 is 0. The fourth-order valence-corrected chi connectivity index (χ4v) is 4.39. The van der Waals surface area contributed by atoms with Gasteiger partial charge in [-0.2, -0.15) is 0 Å². The molecule has 2 aliphatic carbocycles. The molecule has 2 saturated carbocycles. The molecule has 0 spiro atoms. The van der Waals surface area contributed by atoms with Crippen LogP contribution in [0.25, 0.3) is 0 Å². The van der Waals surface area contributed by atoms with E-state index in [1.807, 2.05) is 0 Å². The molecule has 4 atom stereocenters. The van der Waals surface area contributed by atoms with Crippen LogP contribution in [-0.2, 0) is 9.59 Å². The largest absolute Gasteiger partial charge is 0.331 e. The Hall–Kier alpha value is -2.21. The van der Waals surface area contributed by atoms with Gasteiger partial charge < -0.3 is 0 Å². The van der Waals surface area contributed by atoms with Gasteiger partial charge in [0.1, 0.15) is 0 Å². The standard InChI is InChI=1S/C18H18ClN3O3/c19-12-3-5-13(6-4-12)20-9-14-16(23)21-18(25)22(17(14)24)15-8-10-1-2-11(15)7-10/h3-6,9-11,14-15H,1-2,7-8H2,(H,21,23,25)/t10-,11-,14-,15+/m0/s1. The number of amides is 4. The van der Waals surface area contributed by atoms with Gasteiger partial charge in [0.25, 0.3) is 0 Å². The lowest BCUT2D eigenvalue weighted by molar-refractivity contribution is -0.141. The van der Waals surface area contributed by atoms with Crippen molar-refractivity contribution in [1.82, 2.24) is 10.2 Å². The zero-order valence-electron chi connectivity index (χ0n) is 13.5. The number of hydrogen-bond donors (Lipinski definition) is 1. The topological polar surface area (TPSA) is 78.8 Å². The van der Waals surface area contributed by atoms with Gasteiger partial charge in [-0.3, -0.25) is 24.8 Å². The van der Waals surface area contributed by atoms with E-state index in [0.29, 0.717) is 22.5 Å². The SMILES string of the molecule is O=C1NC(=O)N([C@@H]2C[C@H]3CC[C@H]2C3)C(=O)[C@H]1C=Nc1ccc(Cl)cc1. The van der Waals surface area contributed by atoms with Crippen molar-refractivity contribution in [2.45, 2.75) is 31.7 Å². The molecule has 3 fully saturated rings. The Morgan fingerprint density at radius 3 is 2.52 bits per heavy atom. The summed E-state index contributed by atoms with van der Waals surface area (Å²) in [7, 11) is 0. The van der Waals surface area contributed by atoms with Crippen LogP contribution in [0.2, 0.25) is 5.02 Å². The van der Waals surface area contributed by atoms with Gasteiger partial charge in [-0.05, 0) is 55.4 Å². The summed E-state index contributed by atoms with van der Waals surface area (Å²) in [5, 5.41) is 2.89. The van der Waals surface area contributed by atoms with E-state index in [1.165, 1.54) is 17.5 Å². The number of benzene rings is 1. The van der Waals surface area contributed by atoms with E-state index in [0.717, 1.165) is 19.3 Å². The van der Waals surface area contributed by atoms with Gasteiger partial charge in [0.15, 0.2) is 5.92 Å². The van der Waals surface area contributed by atoms with E-state index in [4.69, 9.17) is 11.6 Å². The van der Waals surface area contributed by atoms with Crippen LogP contribution in [0.4, 0.5) is 10.5 Å². The molecule has 1 aliphatic heterocycles. The number of halogens is 1. The van der Waals surface area contributed by atoms with Crippen LogP contribution < -0.4 is 5.32 Å². The highest BCUT2D eigenvalue weighted by Gasteiger charge is 2.50. The third-order valence-electron chi connectivity index (χ3n) is 5.47. The zero-order chi connectivity index (χ0) is 17.6. The van der Waals surface area contributed by atoms with E-state index < -0.39 is 23.8 Å². The minimum absolute atomic E-state index is 0.0919. The lowest BCUT2D eigenvalue weighted by Gasteiger charge is -2.36. The molecule has 1 aromatic rings. The molecule has 1 N–H and O–H groups in total. The Kier molecular flexibility index (Phi) is 4.07. The summed E-state index contributed by atoms with van der Waals surface area (Å²) >= 11 is 5.83. The Balaban J connectivity index is 1.55. The third kappa shape index (κ3) is 2.95. The number of carbonyl (C=O) groups excluding carboxylic acids is 3. The Bertz CT molecular complexity index is 761. The Labute approximate surface area is 150 Å². The van der Waals surface area contributed by atoms with Gasteiger partial charge in [-0.25, -0.2) is 4.79 Å². The number of nitrogens with one attached hydrogen (secondary N) is 1. The minimum Gasteiger partial charge on any atom is -0.277 e. The lowest BCUT2D eigenvalue weighted by atomic mass is 9.92. The molecule has 25 heavy (non-hydrogen) atoms. The highest BCUT2D eigenvalue weighted by molar-refractivity contribution is 6.30. The number of rotatable bonds is 3. The minimum atomic E-state index is -1.08. The number of barbiturate groups is 1. The van der Waals surface area contributed by atoms with Crippen LogP contribution in [0.1, 0.15) is 25.7 Å². The van der Waals surface area contributed by atoms with Crippen LogP contribution in [-0.4, -0.2) is 35.0 Å². The number of fused-ring (bicyclic) bond motifs is 2. The van der Waals surface area contributed by atoms with Gasteiger partial charge in [0, 0.05) is 17.3 Å². The van der Waals surface area contributed by atoms with E-state index in [1.54, 1.807) is 24.3 Å². The van der Waals surface area contributed by atoms with Gasteiger partial charge in [0.05, 0.1) is 5.69 Å². The molecule has 4 rings (SSSR count). The second-order valence-corrected chi connectivity index (χ2v) is 7.41. The van der Waals surface area contributed by atoms with Crippen molar-refractivity contribution in [1.29, 1.82) is 0 Å². The molecule has 1 saturated heterocycles. The molecular formula is C18H18ClN3O3. The Morgan fingerprint density at radius 1 is 1.12 bits per heavy atom. The van der Waals surface area contributed by atoms with Gasteiger partial charge in [-0.15, -0.1) is 0 Å². The maximum atomic E-state index is 12.8. The van der Waals surface area contributed by atoms with Gasteiger partial charge in [-0.1, -0.05) is 18.0 Å². The molecule has 2 bridgehead atoms. The quantitative estimate of drug-likeness (QED) is 0.665. The number of aliphatic imine (C=N–C) groups is 1. The van der Waals surface area contributed by atoms with E-state index >= 15 is 0 Å². The molecule has 1 heterocycles. The first kappa shape index (κ1) is 16.3. The molecule has 0 radical (unpaired) electrons. The van der Waals surface area contributed by atoms with Crippen molar-refractivity contribution in [3.63, 3.8) is 0 Å². The second kappa shape index (κ2) is 6.26. The molecule has 1 aromatic carbocycles. The molecule has 3 aliphatic rings. The lowest BCUT2D eigenvalue weighted by Crippen LogP contribution is -2.62. The third-order valence-corrected chi connectivity index (χ3v) is 5.72. The Morgan fingerprint density at radius 2 is 1.88 bits per heavy atom. The summed E-state index contributed by atoms with van der Waals surface area (Å²) in [6.45, 7) is 0. The first-order chi connectivity index (χ1) is 12.0. The smallest absolute Gasteiger partial charge is 0.277 e. The molecule has 0 unspecified atom stereocenters. The van der Waals surface area contributed by atoms with Crippen LogP contribution in [0.3, 0.4) is 0 Å². The highest BCUT2D eigenvalue weighted by Crippen LogP contribution is 2.47. The first-order valence-corrected chi connectivity index (χ1v) is 8.88. The first-order valence-electron chi connectivity index (χ1n) is 8.50. The number of imide groups is 2. The van der Waals surface area contributed by atoms with Crippen LogP contribution in [0, 0.1) is 17.8 Å². The van der Waals surface area contributed by atoms with Gasteiger partial charge in [0.2, 0.25) is 11.8 Å². The van der Waals surface area contributed by atoms with Crippen molar-refractivity contribution in [2.24, 2.45) is 22.7 Å². The van der Waals surface area contributed by atoms with E-state index in [2.05, 4.69) is 10.3 Å². The predicted octanol–water partition coefficient (Wildman–Crippen LogP) is 2.93. The predicted molar refractivity (Wildman–Crippen MR) is 92.7 cm³/mol. The second-order valence-electron chi connectivity index (χ2n) is 6.98. The zero-order valence-corrected chi connectivity index (χ0v) is 14.3. The summed E-state index contributed by atoms with van der Waals surface area (Å²) in [6.07, 6.45) is 5.45. The number of carbonyl (C=O) groups is 3. The summed E-state index contributed by atoms with van der Waals surface area (Å²) in [6, 6.07) is 6.07. The maximum Gasteiger partial charge on any atom is 0.331 e. The molecule has 0 aromatic heterocycles. The number of nitrogens with zero attached hydrogens (tertiary/aromatic N) is 2. The van der Waals surface area contributed by atoms with Crippen LogP contribution >= 0.6 is 11.6 Å².